The first-order chi connectivity index (χ1) is 7.93. The van der Waals surface area contributed by atoms with Crippen molar-refractivity contribution in [3.8, 4) is 0 Å². The molecule has 1 unspecified atom stereocenters. The van der Waals surface area contributed by atoms with Gasteiger partial charge in [-0.3, -0.25) is 0 Å². The van der Waals surface area contributed by atoms with Crippen LogP contribution in [0.1, 0.15) is 34.1 Å². The Kier molecular flexibility index (Phi) is 3.11. The fourth-order valence-corrected chi connectivity index (χ4v) is 3.26. The SMILES string of the molecule is Cc1ccc(C)c(C(C)(O)c2sccc2C)c1. The van der Waals surface area contributed by atoms with Crippen molar-refractivity contribution in [2.45, 2.75) is 33.3 Å². The molecule has 0 saturated heterocycles. The van der Waals surface area contributed by atoms with Crippen LogP contribution in [0, 0.1) is 20.8 Å². The summed E-state index contributed by atoms with van der Waals surface area (Å²) in [6, 6.07) is 8.28. The van der Waals surface area contributed by atoms with E-state index in [1.165, 1.54) is 5.56 Å². The highest BCUT2D eigenvalue weighted by Crippen LogP contribution is 2.36. The molecular formula is C15H18OS. The van der Waals surface area contributed by atoms with Gasteiger partial charge in [0.15, 0.2) is 0 Å². The largest absolute Gasteiger partial charge is 0.380 e. The molecule has 0 amide bonds. The molecule has 1 atom stereocenters. The maximum absolute atomic E-state index is 10.8. The molecule has 0 saturated carbocycles. The monoisotopic (exact) mass is 246 g/mol. The predicted molar refractivity (Wildman–Crippen MR) is 73.6 cm³/mol. The lowest BCUT2D eigenvalue weighted by Gasteiger charge is -2.26. The van der Waals surface area contributed by atoms with Crippen molar-refractivity contribution in [3.63, 3.8) is 0 Å². The summed E-state index contributed by atoms with van der Waals surface area (Å²) in [6.07, 6.45) is 0. The van der Waals surface area contributed by atoms with Gasteiger partial charge in [-0.1, -0.05) is 23.8 Å². The van der Waals surface area contributed by atoms with Crippen molar-refractivity contribution in [1.29, 1.82) is 0 Å². The minimum Gasteiger partial charge on any atom is -0.380 e. The number of hydrogen-bond acceptors (Lipinski definition) is 2. The van der Waals surface area contributed by atoms with Gasteiger partial charge in [0.05, 0.1) is 0 Å². The molecular weight excluding hydrogens is 228 g/mol. The van der Waals surface area contributed by atoms with E-state index < -0.39 is 5.60 Å². The van der Waals surface area contributed by atoms with Crippen LogP contribution in [-0.4, -0.2) is 5.11 Å². The maximum atomic E-state index is 10.8. The summed E-state index contributed by atoms with van der Waals surface area (Å²) in [5, 5.41) is 12.9. The van der Waals surface area contributed by atoms with E-state index in [-0.39, 0.29) is 0 Å². The molecule has 0 aliphatic rings. The topological polar surface area (TPSA) is 20.2 Å². The van der Waals surface area contributed by atoms with E-state index in [0.29, 0.717) is 0 Å². The molecule has 0 aliphatic carbocycles. The van der Waals surface area contributed by atoms with E-state index in [0.717, 1.165) is 21.6 Å². The van der Waals surface area contributed by atoms with Crippen LogP contribution >= 0.6 is 11.3 Å². The van der Waals surface area contributed by atoms with Crippen LogP contribution in [0.2, 0.25) is 0 Å². The Morgan fingerprint density at radius 2 is 1.76 bits per heavy atom. The molecule has 1 aromatic carbocycles. The summed E-state index contributed by atoms with van der Waals surface area (Å²) >= 11 is 1.62. The summed E-state index contributed by atoms with van der Waals surface area (Å²) in [4.78, 5) is 1.03. The van der Waals surface area contributed by atoms with E-state index in [4.69, 9.17) is 0 Å². The van der Waals surface area contributed by atoms with Gasteiger partial charge in [0.1, 0.15) is 5.60 Å². The molecule has 17 heavy (non-hydrogen) atoms. The summed E-state index contributed by atoms with van der Waals surface area (Å²) in [6.45, 7) is 8.03. The molecule has 90 valence electrons. The summed E-state index contributed by atoms with van der Waals surface area (Å²) < 4.78 is 0. The van der Waals surface area contributed by atoms with E-state index in [1.54, 1.807) is 11.3 Å². The highest BCUT2D eigenvalue weighted by Gasteiger charge is 2.29. The third kappa shape index (κ3) is 2.15. The van der Waals surface area contributed by atoms with Gasteiger partial charge < -0.3 is 5.11 Å². The van der Waals surface area contributed by atoms with Crippen LogP contribution in [0.15, 0.2) is 29.6 Å². The Balaban J connectivity index is 2.59. The van der Waals surface area contributed by atoms with Gasteiger partial charge in [-0.15, -0.1) is 11.3 Å². The Morgan fingerprint density at radius 3 is 2.35 bits per heavy atom. The zero-order valence-corrected chi connectivity index (χ0v) is 11.6. The van der Waals surface area contributed by atoms with Crippen LogP contribution in [0.5, 0.6) is 0 Å². The van der Waals surface area contributed by atoms with Crippen molar-refractivity contribution in [1.82, 2.24) is 0 Å². The summed E-state index contributed by atoms with van der Waals surface area (Å²) in [7, 11) is 0. The molecule has 0 bridgehead atoms. The normalized spacial score (nSPS) is 14.6. The van der Waals surface area contributed by atoms with Crippen LogP contribution in [0.3, 0.4) is 0 Å². The first-order valence-corrected chi connectivity index (χ1v) is 6.65. The number of aryl methyl sites for hydroxylation is 3. The minimum atomic E-state index is -0.894. The molecule has 2 rings (SSSR count). The van der Waals surface area contributed by atoms with Gasteiger partial charge in [-0.25, -0.2) is 0 Å². The van der Waals surface area contributed by atoms with Crippen LogP contribution in [-0.2, 0) is 5.60 Å². The van der Waals surface area contributed by atoms with E-state index >= 15 is 0 Å². The number of hydrogen-bond donors (Lipinski definition) is 1. The number of rotatable bonds is 2. The third-order valence-electron chi connectivity index (χ3n) is 3.22. The Labute approximate surface area is 107 Å². The van der Waals surface area contributed by atoms with Crippen LogP contribution in [0.4, 0.5) is 0 Å². The van der Waals surface area contributed by atoms with E-state index in [1.807, 2.05) is 26.2 Å². The fourth-order valence-electron chi connectivity index (χ4n) is 2.25. The third-order valence-corrected chi connectivity index (χ3v) is 4.45. The van der Waals surface area contributed by atoms with Crippen molar-refractivity contribution in [3.05, 3.63) is 56.8 Å². The van der Waals surface area contributed by atoms with Crippen LogP contribution < -0.4 is 0 Å². The number of aliphatic hydroxyl groups is 1. The zero-order chi connectivity index (χ0) is 12.6. The Bertz CT molecular complexity index is 538. The first kappa shape index (κ1) is 12.3. The molecule has 2 aromatic rings. The first-order valence-electron chi connectivity index (χ1n) is 5.77. The Hall–Kier alpha value is -1.12. The molecule has 0 radical (unpaired) electrons. The molecule has 2 heteroatoms. The van der Waals surface area contributed by atoms with Crippen molar-refractivity contribution in [2.24, 2.45) is 0 Å². The predicted octanol–water partition coefficient (Wildman–Crippen LogP) is 3.93. The lowest BCUT2D eigenvalue weighted by atomic mass is 9.88. The van der Waals surface area contributed by atoms with Crippen molar-refractivity contribution < 1.29 is 5.11 Å². The lowest BCUT2D eigenvalue weighted by molar-refractivity contribution is 0.105. The second kappa shape index (κ2) is 4.28. The second-order valence-electron chi connectivity index (χ2n) is 4.82. The smallest absolute Gasteiger partial charge is 0.121 e. The summed E-state index contributed by atoms with van der Waals surface area (Å²) in [5.74, 6) is 0. The highest BCUT2D eigenvalue weighted by atomic mass is 32.1. The molecule has 1 N–H and O–H groups in total. The molecule has 1 heterocycles. The lowest BCUT2D eigenvalue weighted by Crippen LogP contribution is -2.23. The Morgan fingerprint density at radius 1 is 1.06 bits per heavy atom. The molecule has 1 aromatic heterocycles. The van der Waals surface area contributed by atoms with Gasteiger partial charge in [0, 0.05) is 4.88 Å². The molecule has 0 aliphatic heterocycles. The second-order valence-corrected chi connectivity index (χ2v) is 5.74. The maximum Gasteiger partial charge on any atom is 0.121 e. The molecule has 0 spiro atoms. The highest BCUT2D eigenvalue weighted by molar-refractivity contribution is 7.10. The van der Waals surface area contributed by atoms with Gasteiger partial charge in [-0.05, 0) is 55.8 Å². The van der Waals surface area contributed by atoms with Gasteiger partial charge in [0.2, 0.25) is 0 Å². The molecule has 0 fully saturated rings. The fraction of sp³-hybridized carbons (Fsp3) is 0.333. The zero-order valence-electron chi connectivity index (χ0n) is 10.7. The minimum absolute atomic E-state index is 0.894. The standard InChI is InChI=1S/C15H18OS/c1-10-5-6-11(2)13(9-10)15(4,16)14-12(3)7-8-17-14/h5-9,16H,1-4H3. The van der Waals surface area contributed by atoms with Crippen LogP contribution in [0.25, 0.3) is 0 Å². The average Bonchev–Trinajstić information content (AvgIpc) is 2.68. The van der Waals surface area contributed by atoms with Crippen molar-refractivity contribution in [2.75, 3.05) is 0 Å². The number of thiophene rings is 1. The summed E-state index contributed by atoms with van der Waals surface area (Å²) in [5.41, 5.74) is 3.58. The quantitative estimate of drug-likeness (QED) is 0.851. The average molecular weight is 246 g/mol. The van der Waals surface area contributed by atoms with Gasteiger partial charge >= 0.3 is 0 Å². The van der Waals surface area contributed by atoms with E-state index in [9.17, 15) is 5.11 Å². The van der Waals surface area contributed by atoms with Gasteiger partial charge in [-0.2, -0.15) is 0 Å². The van der Waals surface area contributed by atoms with Crippen molar-refractivity contribution >= 4 is 11.3 Å². The number of benzene rings is 1. The molecule has 1 nitrogen and oxygen atoms in total. The van der Waals surface area contributed by atoms with Gasteiger partial charge in [0.25, 0.3) is 0 Å². The van der Waals surface area contributed by atoms with E-state index in [2.05, 4.69) is 31.2 Å².